The molecule has 3 aromatic rings. The number of benzene rings is 2. The number of nitrogens with zero attached hydrogens (tertiary/aromatic N) is 2. The second kappa shape index (κ2) is 15.3. The Labute approximate surface area is 219 Å². The molecule has 37 heavy (non-hydrogen) atoms. The molecule has 0 bridgehead atoms. The molecular weight excluding hydrogens is 473 g/mol. The summed E-state index contributed by atoms with van der Waals surface area (Å²) in [6.45, 7) is 8.02. The Morgan fingerprint density at radius 1 is 0.838 bits per heavy atom. The highest BCUT2D eigenvalue weighted by Gasteiger charge is 2.33. The lowest BCUT2D eigenvalue weighted by molar-refractivity contribution is -0.140. The molecule has 2 fully saturated rings. The van der Waals surface area contributed by atoms with Crippen LogP contribution in [0.2, 0.25) is 0 Å². The van der Waals surface area contributed by atoms with Crippen molar-refractivity contribution in [1.29, 1.82) is 0 Å². The first-order valence-electron chi connectivity index (χ1n) is 13.1. The van der Waals surface area contributed by atoms with Crippen LogP contribution in [-0.4, -0.2) is 25.1 Å². The number of alkyl halides is 3. The topological polar surface area (TPSA) is 68.2 Å². The van der Waals surface area contributed by atoms with Gasteiger partial charge in [0.15, 0.2) is 0 Å². The van der Waals surface area contributed by atoms with Crippen LogP contribution in [0.1, 0.15) is 68.2 Å². The maximum absolute atomic E-state index is 12.5. The van der Waals surface area contributed by atoms with Crippen LogP contribution >= 0.6 is 0 Å². The molecular formula is C30H41F3N4. The normalized spacial score (nSPS) is 14.9. The zero-order valence-electron chi connectivity index (χ0n) is 22.2. The molecule has 0 spiro atoms. The van der Waals surface area contributed by atoms with Crippen molar-refractivity contribution >= 4 is 28.4 Å². The second-order valence-corrected chi connectivity index (χ2v) is 9.23. The number of pyridine rings is 1. The van der Waals surface area contributed by atoms with E-state index in [0.29, 0.717) is 5.39 Å². The molecule has 1 aliphatic heterocycles. The number of aromatic nitrogens is 1. The van der Waals surface area contributed by atoms with E-state index in [1.807, 2.05) is 13.0 Å². The number of hydrogen-bond donors (Lipinski definition) is 2. The van der Waals surface area contributed by atoms with E-state index in [0.717, 1.165) is 11.6 Å². The lowest BCUT2D eigenvalue weighted by atomic mass is 10.0. The summed E-state index contributed by atoms with van der Waals surface area (Å²) in [5, 5.41) is 0.549. The smallest absolute Gasteiger partial charge is 0.398 e. The van der Waals surface area contributed by atoms with Gasteiger partial charge in [0, 0.05) is 29.9 Å². The summed E-state index contributed by atoms with van der Waals surface area (Å²) in [5.74, 6) is 0. The minimum Gasteiger partial charge on any atom is -0.398 e. The molecule has 1 aromatic heterocycles. The Morgan fingerprint density at radius 2 is 1.38 bits per heavy atom. The maximum Gasteiger partial charge on any atom is 0.433 e. The van der Waals surface area contributed by atoms with E-state index < -0.39 is 11.9 Å². The first-order valence-corrected chi connectivity index (χ1v) is 13.1. The molecule has 0 atom stereocenters. The summed E-state index contributed by atoms with van der Waals surface area (Å²) in [6.07, 6.45) is 9.09. The van der Waals surface area contributed by atoms with Gasteiger partial charge in [-0.05, 0) is 62.7 Å². The first kappa shape index (κ1) is 30.2. The molecule has 2 aromatic carbocycles. The number of rotatable bonds is 2. The van der Waals surface area contributed by atoms with E-state index in [2.05, 4.69) is 46.5 Å². The predicted molar refractivity (Wildman–Crippen MR) is 152 cm³/mol. The van der Waals surface area contributed by atoms with Crippen molar-refractivity contribution in [3.63, 3.8) is 0 Å². The molecule has 2 aliphatic rings. The van der Waals surface area contributed by atoms with E-state index in [1.54, 1.807) is 12.1 Å². The summed E-state index contributed by atoms with van der Waals surface area (Å²) >= 11 is 0. The van der Waals surface area contributed by atoms with Crippen LogP contribution in [0.3, 0.4) is 0 Å². The molecule has 4 N–H and O–H groups in total. The molecule has 2 heterocycles. The number of halogens is 3. The largest absolute Gasteiger partial charge is 0.433 e. The number of hydrogen-bond acceptors (Lipinski definition) is 4. The third-order valence-corrected chi connectivity index (χ3v) is 6.39. The van der Waals surface area contributed by atoms with Gasteiger partial charge in [-0.2, -0.15) is 13.2 Å². The van der Waals surface area contributed by atoms with Crippen LogP contribution in [-0.2, 0) is 6.18 Å². The van der Waals surface area contributed by atoms with Gasteiger partial charge in [-0.1, -0.05) is 74.9 Å². The van der Waals surface area contributed by atoms with E-state index in [9.17, 15) is 13.2 Å². The van der Waals surface area contributed by atoms with Gasteiger partial charge < -0.3 is 16.4 Å². The van der Waals surface area contributed by atoms with Gasteiger partial charge in [-0.15, -0.1) is 0 Å². The lowest BCUT2D eigenvalue weighted by Crippen LogP contribution is -2.17. The molecule has 0 amide bonds. The summed E-state index contributed by atoms with van der Waals surface area (Å²) in [6, 6.07) is 14.4. The van der Waals surface area contributed by atoms with E-state index in [1.165, 1.54) is 88.8 Å². The Kier molecular flexibility index (Phi) is 12.4. The van der Waals surface area contributed by atoms with E-state index >= 15 is 0 Å². The summed E-state index contributed by atoms with van der Waals surface area (Å²) in [5.41, 5.74) is 13.0. The molecule has 4 nitrogen and oxygen atoms in total. The van der Waals surface area contributed by atoms with Crippen LogP contribution in [0, 0.1) is 6.92 Å². The molecule has 0 radical (unpaired) electrons. The van der Waals surface area contributed by atoms with E-state index in [4.69, 9.17) is 5.73 Å². The fourth-order valence-electron chi connectivity index (χ4n) is 4.37. The molecule has 7 heteroatoms. The van der Waals surface area contributed by atoms with Gasteiger partial charge in [-0.3, -0.25) is 0 Å². The minimum atomic E-state index is -4.47. The average molecular weight is 515 g/mol. The van der Waals surface area contributed by atoms with Crippen molar-refractivity contribution in [2.24, 2.45) is 5.73 Å². The molecule has 0 unspecified atom stereocenters. The number of fused-ring (bicyclic) bond motifs is 1. The number of nitrogens with two attached hydrogens (primary N) is 2. The van der Waals surface area contributed by atoms with Gasteiger partial charge in [0.1, 0.15) is 5.69 Å². The number of anilines is 2. The van der Waals surface area contributed by atoms with Crippen molar-refractivity contribution in [2.45, 2.75) is 64.5 Å². The highest BCUT2D eigenvalue weighted by Crippen LogP contribution is 2.32. The van der Waals surface area contributed by atoms with Crippen molar-refractivity contribution in [3.8, 4) is 0 Å². The van der Waals surface area contributed by atoms with Gasteiger partial charge in [0.05, 0.1) is 5.52 Å². The van der Waals surface area contributed by atoms with Gasteiger partial charge in [-0.25, -0.2) is 4.98 Å². The fraction of sp³-hybridized carbons (Fsp3) is 0.433. The first-order chi connectivity index (χ1) is 17.8. The summed E-state index contributed by atoms with van der Waals surface area (Å²) in [4.78, 5) is 5.98. The van der Waals surface area contributed by atoms with Crippen molar-refractivity contribution in [3.05, 3.63) is 71.9 Å². The number of nitrogen functional groups attached to an aromatic ring is 1. The van der Waals surface area contributed by atoms with Crippen LogP contribution in [0.25, 0.3) is 17.0 Å². The zero-order chi connectivity index (χ0) is 27.3. The highest BCUT2D eigenvalue weighted by molar-refractivity contribution is 5.90. The zero-order valence-corrected chi connectivity index (χ0v) is 22.2. The molecule has 1 saturated heterocycles. The molecule has 1 aliphatic carbocycles. The SMILES string of the molecule is C1CCCCC1.C=Cc1ccc(N2CCCC2)cc1.CN.Cc1ccc2nc(C(F)(F)F)cc(N)c2c1. The second-order valence-electron chi connectivity index (χ2n) is 9.23. The highest BCUT2D eigenvalue weighted by atomic mass is 19.4. The van der Waals surface area contributed by atoms with Crippen molar-refractivity contribution in [1.82, 2.24) is 4.98 Å². The minimum absolute atomic E-state index is 0.0982. The van der Waals surface area contributed by atoms with Gasteiger partial charge >= 0.3 is 6.18 Å². The predicted octanol–water partition coefficient (Wildman–Crippen LogP) is 7.99. The number of aryl methyl sites for hydroxylation is 1. The monoisotopic (exact) mass is 514 g/mol. The summed E-state index contributed by atoms with van der Waals surface area (Å²) < 4.78 is 37.4. The van der Waals surface area contributed by atoms with Gasteiger partial charge in [0.25, 0.3) is 0 Å². The molecule has 202 valence electrons. The fourth-order valence-corrected chi connectivity index (χ4v) is 4.37. The Hall–Kier alpha value is -3.06. The quantitative estimate of drug-likeness (QED) is 0.364. The Balaban J connectivity index is 0.000000205. The van der Waals surface area contributed by atoms with Crippen molar-refractivity contribution in [2.75, 3.05) is 30.8 Å². The maximum atomic E-state index is 12.5. The van der Waals surface area contributed by atoms with Crippen LogP contribution in [0.15, 0.2) is 55.1 Å². The third kappa shape index (κ3) is 9.73. The summed E-state index contributed by atoms with van der Waals surface area (Å²) in [7, 11) is 1.50. The van der Waals surface area contributed by atoms with Crippen LogP contribution < -0.4 is 16.4 Å². The standard InChI is InChI=1S/C12H15N.C11H9F3N2.C6H12.CH5N/c1-2-11-5-7-12(8-6-11)13-9-3-4-10-13;1-6-2-3-9-7(4-6)8(15)5-10(16-9)11(12,13)14;1-2-4-6-5-3-1;1-2/h2,5-8H,1,3-4,9-10H2;2-5H,1H3,(H2,15,16);1-6H2;2H2,1H3. The van der Waals surface area contributed by atoms with E-state index in [-0.39, 0.29) is 11.2 Å². The third-order valence-electron chi connectivity index (χ3n) is 6.39. The molecule has 5 rings (SSSR count). The van der Waals surface area contributed by atoms with Gasteiger partial charge in [0.2, 0.25) is 0 Å². The average Bonchev–Trinajstić information content (AvgIpc) is 3.47. The Bertz CT molecular complexity index is 1070. The van der Waals surface area contributed by atoms with Crippen LogP contribution in [0.4, 0.5) is 24.5 Å². The van der Waals surface area contributed by atoms with Crippen LogP contribution in [0.5, 0.6) is 0 Å². The van der Waals surface area contributed by atoms with Crippen molar-refractivity contribution < 1.29 is 13.2 Å². The Morgan fingerprint density at radius 3 is 1.86 bits per heavy atom. The lowest BCUT2D eigenvalue weighted by Gasteiger charge is -2.17. The molecule has 1 saturated carbocycles.